The average Bonchev–Trinajstić information content (AvgIpc) is 2.62. The summed E-state index contributed by atoms with van der Waals surface area (Å²) < 4.78 is 38.9. The molecule has 0 bridgehead atoms. The lowest BCUT2D eigenvalue weighted by Gasteiger charge is -2.24. The minimum Gasteiger partial charge on any atom is -0.340 e. The van der Waals surface area contributed by atoms with E-state index in [1.165, 1.54) is 17.0 Å². The summed E-state index contributed by atoms with van der Waals surface area (Å²) in [5.74, 6) is -2.15. The molecule has 20 heavy (non-hydrogen) atoms. The van der Waals surface area contributed by atoms with Gasteiger partial charge in [0.1, 0.15) is 6.61 Å². The van der Waals surface area contributed by atoms with E-state index in [-0.39, 0.29) is 37.1 Å². The highest BCUT2D eigenvalue weighted by Gasteiger charge is 2.26. The number of amides is 1. The van der Waals surface area contributed by atoms with Gasteiger partial charge in [-0.2, -0.15) is 4.94 Å². The molecule has 110 valence electrons. The lowest BCUT2D eigenvalue weighted by atomic mass is 9.93. The van der Waals surface area contributed by atoms with Crippen LogP contribution < -0.4 is 0 Å². The topological polar surface area (TPSA) is 29.5 Å². The summed E-state index contributed by atoms with van der Waals surface area (Å²) in [7, 11) is 0. The van der Waals surface area contributed by atoms with Gasteiger partial charge in [-0.15, -0.1) is 0 Å². The summed E-state index contributed by atoms with van der Waals surface area (Å²) in [4.78, 5) is 16.8. The van der Waals surface area contributed by atoms with Crippen LogP contribution in [-0.4, -0.2) is 30.5 Å². The first kappa shape index (κ1) is 14.8. The van der Waals surface area contributed by atoms with Crippen LogP contribution in [0.2, 0.25) is 0 Å². The summed E-state index contributed by atoms with van der Waals surface area (Å²) >= 11 is 0. The number of carbonyl (C=O) groups excluding carboxylic acids is 1. The second kappa shape index (κ2) is 6.74. The van der Waals surface area contributed by atoms with Gasteiger partial charge < -0.3 is 4.90 Å². The monoisotopic (exact) mass is 287 g/mol. The van der Waals surface area contributed by atoms with E-state index >= 15 is 0 Å². The third-order valence-electron chi connectivity index (χ3n) is 3.60. The minimum absolute atomic E-state index is 0.110. The summed E-state index contributed by atoms with van der Waals surface area (Å²) in [5.41, 5.74) is 0.269. The van der Waals surface area contributed by atoms with Gasteiger partial charge in [0.2, 0.25) is 5.91 Å². The van der Waals surface area contributed by atoms with Crippen molar-refractivity contribution >= 4 is 5.91 Å². The Bertz CT molecular complexity index is 481. The van der Waals surface area contributed by atoms with Crippen molar-refractivity contribution in [2.75, 3.05) is 19.7 Å². The SMILES string of the molecule is O=C1CCC[C@@H](c2cccc(F)c2F)CN1CCOF. The molecular weight excluding hydrogens is 271 g/mol. The molecule has 1 saturated heterocycles. The summed E-state index contributed by atoms with van der Waals surface area (Å²) in [6, 6.07) is 4.05. The van der Waals surface area contributed by atoms with Crippen molar-refractivity contribution in [3.8, 4) is 0 Å². The molecule has 0 aliphatic carbocycles. The summed E-state index contributed by atoms with van der Waals surface area (Å²) in [6.07, 6.45) is 1.53. The van der Waals surface area contributed by atoms with E-state index in [4.69, 9.17) is 0 Å². The molecule has 1 heterocycles. The van der Waals surface area contributed by atoms with Crippen molar-refractivity contribution < 1.29 is 23.0 Å². The van der Waals surface area contributed by atoms with Gasteiger partial charge in [-0.1, -0.05) is 12.1 Å². The van der Waals surface area contributed by atoms with Crippen molar-refractivity contribution in [2.45, 2.75) is 25.2 Å². The van der Waals surface area contributed by atoms with Crippen LogP contribution in [0, 0.1) is 11.6 Å². The molecule has 0 aromatic heterocycles. The van der Waals surface area contributed by atoms with Gasteiger partial charge in [-0.25, -0.2) is 8.78 Å². The Labute approximate surface area is 115 Å². The first-order chi connectivity index (χ1) is 9.63. The van der Waals surface area contributed by atoms with Crippen LogP contribution in [0.25, 0.3) is 0 Å². The molecular formula is C14H16F3NO2. The lowest BCUT2D eigenvalue weighted by Crippen LogP contribution is -2.35. The van der Waals surface area contributed by atoms with Crippen LogP contribution in [0.3, 0.4) is 0 Å². The fourth-order valence-electron chi connectivity index (χ4n) is 2.57. The van der Waals surface area contributed by atoms with Crippen LogP contribution in [0.1, 0.15) is 30.7 Å². The third-order valence-corrected chi connectivity index (χ3v) is 3.60. The number of benzene rings is 1. The number of carbonyl (C=O) groups is 1. The van der Waals surface area contributed by atoms with Crippen LogP contribution in [0.15, 0.2) is 18.2 Å². The average molecular weight is 287 g/mol. The Balaban J connectivity index is 2.18. The molecule has 0 unspecified atom stereocenters. The number of nitrogens with zero attached hydrogens (tertiary/aromatic N) is 1. The molecule has 1 fully saturated rings. The van der Waals surface area contributed by atoms with E-state index < -0.39 is 11.6 Å². The Morgan fingerprint density at radius 1 is 1.35 bits per heavy atom. The van der Waals surface area contributed by atoms with Crippen molar-refractivity contribution in [1.82, 2.24) is 4.90 Å². The van der Waals surface area contributed by atoms with Crippen molar-refractivity contribution in [2.24, 2.45) is 0 Å². The van der Waals surface area contributed by atoms with Gasteiger partial charge in [-0.05, 0) is 29.0 Å². The Hall–Kier alpha value is -1.56. The maximum absolute atomic E-state index is 13.8. The van der Waals surface area contributed by atoms with Crippen molar-refractivity contribution in [3.05, 3.63) is 35.4 Å². The molecule has 1 aromatic rings. The van der Waals surface area contributed by atoms with E-state index in [0.29, 0.717) is 19.3 Å². The minimum atomic E-state index is -0.892. The third kappa shape index (κ3) is 3.30. The van der Waals surface area contributed by atoms with Gasteiger partial charge in [0.05, 0.1) is 0 Å². The van der Waals surface area contributed by atoms with Gasteiger partial charge in [0.25, 0.3) is 0 Å². The molecule has 0 spiro atoms. The number of rotatable bonds is 4. The fraction of sp³-hybridized carbons (Fsp3) is 0.500. The van der Waals surface area contributed by atoms with E-state index in [1.807, 2.05) is 0 Å². The highest BCUT2D eigenvalue weighted by Crippen LogP contribution is 2.29. The second-order valence-corrected chi connectivity index (χ2v) is 4.89. The van der Waals surface area contributed by atoms with Gasteiger partial charge in [-0.3, -0.25) is 4.79 Å². The number of hydrogen-bond donors (Lipinski definition) is 0. The van der Waals surface area contributed by atoms with E-state index in [2.05, 4.69) is 4.94 Å². The molecule has 3 nitrogen and oxygen atoms in total. The highest BCUT2D eigenvalue weighted by molar-refractivity contribution is 5.76. The Morgan fingerprint density at radius 3 is 2.90 bits per heavy atom. The normalized spacial score (nSPS) is 20.1. The molecule has 1 aliphatic heterocycles. The molecule has 1 aliphatic rings. The Morgan fingerprint density at radius 2 is 2.15 bits per heavy atom. The van der Waals surface area contributed by atoms with Crippen LogP contribution in [-0.2, 0) is 9.74 Å². The zero-order valence-corrected chi connectivity index (χ0v) is 10.9. The van der Waals surface area contributed by atoms with Crippen LogP contribution in [0.4, 0.5) is 13.3 Å². The molecule has 1 atom stereocenters. The molecule has 1 amide bonds. The summed E-state index contributed by atoms with van der Waals surface area (Å²) in [5, 5.41) is 0. The first-order valence-electron chi connectivity index (χ1n) is 6.58. The van der Waals surface area contributed by atoms with Gasteiger partial charge in [0, 0.05) is 25.4 Å². The first-order valence-corrected chi connectivity index (χ1v) is 6.58. The quantitative estimate of drug-likeness (QED) is 0.852. The standard InChI is InChI=1S/C14H16F3NO2/c15-12-5-2-4-11(14(12)16)10-3-1-6-13(19)18(9-10)7-8-20-17/h2,4-5,10H,1,3,6-9H2/t10-/m1/s1. The number of likely N-dealkylation sites (tertiary alicyclic amines) is 1. The van der Waals surface area contributed by atoms with E-state index in [1.54, 1.807) is 0 Å². The maximum atomic E-state index is 13.8. The molecule has 6 heteroatoms. The van der Waals surface area contributed by atoms with E-state index in [9.17, 15) is 18.1 Å². The predicted octanol–water partition coefficient (Wildman–Crippen LogP) is 2.96. The predicted molar refractivity (Wildman–Crippen MR) is 66.6 cm³/mol. The largest absolute Gasteiger partial charge is 0.340 e. The number of halogens is 3. The summed E-state index contributed by atoms with van der Waals surface area (Å²) in [6.45, 7) is 0.148. The highest BCUT2D eigenvalue weighted by atomic mass is 19.3. The van der Waals surface area contributed by atoms with E-state index in [0.717, 1.165) is 6.07 Å². The second-order valence-electron chi connectivity index (χ2n) is 4.89. The fourth-order valence-corrected chi connectivity index (χ4v) is 2.57. The molecule has 0 N–H and O–H groups in total. The lowest BCUT2D eigenvalue weighted by molar-refractivity contribution is -0.146. The van der Waals surface area contributed by atoms with Crippen molar-refractivity contribution in [1.29, 1.82) is 0 Å². The van der Waals surface area contributed by atoms with Gasteiger partial charge in [0.15, 0.2) is 11.6 Å². The van der Waals surface area contributed by atoms with Crippen molar-refractivity contribution in [3.63, 3.8) is 0 Å². The molecule has 1 aromatic carbocycles. The molecule has 0 radical (unpaired) electrons. The van der Waals surface area contributed by atoms with Crippen LogP contribution in [0.5, 0.6) is 0 Å². The number of hydrogen-bond acceptors (Lipinski definition) is 2. The van der Waals surface area contributed by atoms with Crippen LogP contribution >= 0.6 is 0 Å². The smallest absolute Gasteiger partial charge is 0.222 e. The maximum Gasteiger partial charge on any atom is 0.222 e. The molecule has 0 saturated carbocycles. The van der Waals surface area contributed by atoms with Gasteiger partial charge >= 0.3 is 0 Å². The zero-order chi connectivity index (χ0) is 14.5. The zero-order valence-electron chi connectivity index (χ0n) is 10.9. The Kier molecular flexibility index (Phi) is 5.00. The molecule has 2 rings (SSSR count).